The molecule has 0 spiro atoms. The van der Waals surface area contributed by atoms with Gasteiger partial charge in [-0.2, -0.15) is 0 Å². The van der Waals surface area contributed by atoms with Gasteiger partial charge in [-0.25, -0.2) is 4.98 Å². The molecule has 5 rings (SSSR count). The predicted octanol–water partition coefficient (Wildman–Crippen LogP) is 4.82. The quantitative estimate of drug-likeness (QED) is 0.472. The summed E-state index contributed by atoms with van der Waals surface area (Å²) in [7, 11) is 0. The van der Waals surface area contributed by atoms with E-state index in [1.165, 1.54) is 0 Å². The van der Waals surface area contributed by atoms with E-state index in [1.54, 1.807) is 25.3 Å². The summed E-state index contributed by atoms with van der Waals surface area (Å²) >= 11 is 6.01. The Hall–Kier alpha value is -3.45. The van der Waals surface area contributed by atoms with Gasteiger partial charge in [0.2, 0.25) is 0 Å². The minimum absolute atomic E-state index is 0.0347. The van der Waals surface area contributed by atoms with Gasteiger partial charge in [-0.05, 0) is 37.5 Å². The Labute approximate surface area is 190 Å². The number of hydrogen-bond acceptors (Lipinski definition) is 6. The number of rotatable bonds is 5. The molecule has 162 valence electrons. The average Bonchev–Trinajstić information content (AvgIpc) is 3.44. The van der Waals surface area contributed by atoms with Gasteiger partial charge in [0.25, 0.3) is 5.91 Å². The molecule has 0 aliphatic carbocycles. The van der Waals surface area contributed by atoms with Gasteiger partial charge in [0.1, 0.15) is 22.8 Å². The molecule has 1 atom stereocenters. The van der Waals surface area contributed by atoms with Crippen molar-refractivity contribution in [2.75, 3.05) is 25.0 Å². The van der Waals surface area contributed by atoms with Crippen molar-refractivity contribution in [2.24, 2.45) is 5.92 Å². The molecule has 3 heterocycles. The molecule has 1 fully saturated rings. The number of nitrogens with zero attached hydrogens (tertiary/aromatic N) is 4. The van der Waals surface area contributed by atoms with Crippen LogP contribution in [0, 0.1) is 12.8 Å². The van der Waals surface area contributed by atoms with Crippen molar-refractivity contribution in [3.8, 4) is 11.3 Å². The maximum atomic E-state index is 13.3. The standard InChI is InChI=1S/C24H22ClN5O2/c1-15-22(23(29-32-15)17-5-3-2-4-6-17)24(31)30-10-9-16(14-30)12-27-21-13-26-20-11-18(25)7-8-19(20)28-21/h2-8,11,13,16H,9-10,12,14H2,1H3,(H,27,28)/t16-/m0/s1. The van der Waals surface area contributed by atoms with E-state index in [0.717, 1.165) is 23.0 Å². The Morgan fingerprint density at radius 3 is 2.91 bits per heavy atom. The maximum absolute atomic E-state index is 13.3. The molecule has 1 saturated heterocycles. The van der Waals surface area contributed by atoms with Gasteiger partial charge in [-0.15, -0.1) is 0 Å². The monoisotopic (exact) mass is 447 g/mol. The first-order valence-corrected chi connectivity index (χ1v) is 10.9. The van der Waals surface area contributed by atoms with E-state index in [0.29, 0.717) is 53.4 Å². The summed E-state index contributed by atoms with van der Waals surface area (Å²) in [5.41, 5.74) is 3.57. The maximum Gasteiger partial charge on any atom is 0.259 e. The summed E-state index contributed by atoms with van der Waals surface area (Å²) in [6.45, 7) is 3.87. The molecule has 32 heavy (non-hydrogen) atoms. The van der Waals surface area contributed by atoms with Crippen LogP contribution >= 0.6 is 11.6 Å². The average molecular weight is 448 g/mol. The topological polar surface area (TPSA) is 84.2 Å². The Balaban J connectivity index is 1.25. The van der Waals surface area contributed by atoms with Crippen molar-refractivity contribution in [3.05, 3.63) is 71.1 Å². The molecule has 1 N–H and O–H groups in total. The molecule has 2 aromatic heterocycles. The summed E-state index contributed by atoms with van der Waals surface area (Å²) in [6, 6.07) is 15.1. The minimum Gasteiger partial charge on any atom is -0.368 e. The van der Waals surface area contributed by atoms with Gasteiger partial charge in [0.15, 0.2) is 0 Å². The van der Waals surface area contributed by atoms with E-state index in [9.17, 15) is 4.79 Å². The van der Waals surface area contributed by atoms with Crippen LogP contribution in [-0.4, -0.2) is 45.6 Å². The summed E-state index contributed by atoms with van der Waals surface area (Å²) in [4.78, 5) is 24.2. The first-order chi connectivity index (χ1) is 15.6. The van der Waals surface area contributed by atoms with E-state index in [1.807, 2.05) is 41.3 Å². The Morgan fingerprint density at radius 1 is 1.22 bits per heavy atom. The number of likely N-dealkylation sites (tertiary alicyclic amines) is 1. The number of anilines is 1. The molecule has 1 aliphatic heterocycles. The third-order valence-corrected chi connectivity index (χ3v) is 6.01. The fourth-order valence-corrected chi connectivity index (χ4v) is 4.24. The highest BCUT2D eigenvalue weighted by Crippen LogP contribution is 2.28. The second kappa shape index (κ2) is 8.59. The summed E-state index contributed by atoms with van der Waals surface area (Å²) in [5, 5.41) is 8.15. The third-order valence-electron chi connectivity index (χ3n) is 5.77. The first kappa shape index (κ1) is 20.5. The Bertz CT molecular complexity index is 1270. The van der Waals surface area contributed by atoms with Crippen molar-refractivity contribution in [3.63, 3.8) is 0 Å². The van der Waals surface area contributed by atoms with Crippen LogP contribution < -0.4 is 5.32 Å². The van der Waals surface area contributed by atoms with E-state index < -0.39 is 0 Å². The Morgan fingerprint density at radius 2 is 2.06 bits per heavy atom. The molecule has 1 aliphatic rings. The molecule has 2 aromatic carbocycles. The van der Waals surface area contributed by atoms with Crippen LogP contribution in [0.1, 0.15) is 22.5 Å². The van der Waals surface area contributed by atoms with Crippen LogP contribution in [0.4, 0.5) is 5.82 Å². The summed E-state index contributed by atoms with van der Waals surface area (Å²) < 4.78 is 5.37. The normalized spacial score (nSPS) is 15.9. The van der Waals surface area contributed by atoms with Gasteiger partial charge in [-0.3, -0.25) is 9.78 Å². The summed E-state index contributed by atoms with van der Waals surface area (Å²) in [5.74, 6) is 1.54. The largest absolute Gasteiger partial charge is 0.368 e. The number of carbonyl (C=O) groups is 1. The van der Waals surface area contributed by atoms with Crippen LogP contribution in [0.15, 0.2) is 59.3 Å². The van der Waals surface area contributed by atoms with Crippen LogP contribution in [0.5, 0.6) is 0 Å². The molecule has 0 saturated carbocycles. The lowest BCUT2D eigenvalue weighted by Gasteiger charge is -2.17. The minimum atomic E-state index is -0.0347. The molecule has 0 radical (unpaired) electrons. The second-order valence-corrected chi connectivity index (χ2v) is 8.44. The molecular formula is C24H22ClN5O2. The smallest absolute Gasteiger partial charge is 0.259 e. The van der Waals surface area contributed by atoms with Crippen molar-refractivity contribution in [1.82, 2.24) is 20.0 Å². The van der Waals surface area contributed by atoms with Crippen molar-refractivity contribution < 1.29 is 9.32 Å². The van der Waals surface area contributed by atoms with Crippen LogP contribution in [-0.2, 0) is 0 Å². The zero-order valence-corrected chi connectivity index (χ0v) is 18.3. The predicted molar refractivity (Wildman–Crippen MR) is 124 cm³/mol. The molecule has 8 heteroatoms. The van der Waals surface area contributed by atoms with E-state index in [4.69, 9.17) is 16.1 Å². The van der Waals surface area contributed by atoms with Crippen LogP contribution in [0.25, 0.3) is 22.3 Å². The number of amides is 1. The third kappa shape index (κ3) is 4.03. The first-order valence-electron chi connectivity index (χ1n) is 10.6. The highest BCUT2D eigenvalue weighted by molar-refractivity contribution is 6.31. The molecule has 0 unspecified atom stereocenters. The van der Waals surface area contributed by atoms with Crippen molar-refractivity contribution in [1.29, 1.82) is 0 Å². The second-order valence-electron chi connectivity index (χ2n) is 8.00. The number of fused-ring (bicyclic) bond motifs is 1. The van der Waals surface area contributed by atoms with Gasteiger partial charge < -0.3 is 14.7 Å². The SMILES string of the molecule is Cc1onc(-c2ccccc2)c1C(=O)N1CC[C@@H](CNc2cnc3cc(Cl)ccc3n2)C1. The van der Waals surface area contributed by atoms with Crippen molar-refractivity contribution >= 4 is 34.4 Å². The fraction of sp³-hybridized carbons (Fsp3) is 0.250. The molecule has 4 aromatic rings. The zero-order valence-electron chi connectivity index (χ0n) is 17.6. The zero-order chi connectivity index (χ0) is 22.1. The van der Waals surface area contributed by atoms with Crippen LogP contribution in [0.3, 0.4) is 0 Å². The number of benzene rings is 2. The van der Waals surface area contributed by atoms with Gasteiger partial charge in [0, 0.05) is 30.2 Å². The van der Waals surface area contributed by atoms with E-state index >= 15 is 0 Å². The molecule has 0 bridgehead atoms. The molecule has 7 nitrogen and oxygen atoms in total. The van der Waals surface area contributed by atoms with Gasteiger partial charge in [0.05, 0.1) is 17.2 Å². The summed E-state index contributed by atoms with van der Waals surface area (Å²) in [6.07, 6.45) is 2.63. The number of carbonyl (C=O) groups excluding carboxylic acids is 1. The van der Waals surface area contributed by atoms with Gasteiger partial charge >= 0.3 is 0 Å². The number of hydrogen-bond donors (Lipinski definition) is 1. The number of halogens is 1. The lowest BCUT2D eigenvalue weighted by molar-refractivity contribution is 0.0786. The van der Waals surface area contributed by atoms with E-state index in [2.05, 4.69) is 20.4 Å². The number of aromatic nitrogens is 3. The van der Waals surface area contributed by atoms with Crippen LogP contribution in [0.2, 0.25) is 5.02 Å². The highest BCUT2D eigenvalue weighted by atomic mass is 35.5. The number of aryl methyl sites for hydroxylation is 1. The Kier molecular flexibility index (Phi) is 5.49. The highest BCUT2D eigenvalue weighted by Gasteiger charge is 2.31. The lowest BCUT2D eigenvalue weighted by Crippen LogP contribution is -2.30. The molecular weight excluding hydrogens is 426 g/mol. The van der Waals surface area contributed by atoms with Crippen molar-refractivity contribution in [2.45, 2.75) is 13.3 Å². The molecule has 1 amide bonds. The number of nitrogens with one attached hydrogen (secondary N) is 1. The lowest BCUT2D eigenvalue weighted by atomic mass is 10.1. The van der Waals surface area contributed by atoms with Gasteiger partial charge in [-0.1, -0.05) is 47.1 Å². The van der Waals surface area contributed by atoms with E-state index in [-0.39, 0.29) is 5.91 Å². The fourth-order valence-electron chi connectivity index (χ4n) is 4.08.